The third kappa shape index (κ3) is 3.19. The number of halogens is 1. The molecule has 2 aromatic rings. The van der Waals surface area contributed by atoms with Gasteiger partial charge in [-0.25, -0.2) is 4.39 Å². The number of allylic oxidation sites excluding steroid dienone is 1. The van der Waals surface area contributed by atoms with Crippen molar-refractivity contribution in [3.05, 3.63) is 65.5 Å². The minimum atomic E-state index is -0.401. The maximum atomic E-state index is 12.7. The molecule has 0 bridgehead atoms. The predicted octanol–water partition coefficient (Wildman–Crippen LogP) is 3.13. The molecule has 3 nitrogen and oxygen atoms in total. The molecule has 4 heteroatoms. The number of hydrogen-bond donors (Lipinski definition) is 2. The number of rotatable bonds is 3. The van der Waals surface area contributed by atoms with E-state index in [9.17, 15) is 14.3 Å². The third-order valence-corrected chi connectivity index (χ3v) is 2.54. The van der Waals surface area contributed by atoms with Crippen molar-refractivity contribution in [1.29, 1.82) is 0 Å². The van der Waals surface area contributed by atoms with Crippen LogP contribution in [0, 0.1) is 5.82 Å². The Balaban J connectivity index is 2.18. The molecule has 0 fully saturated rings. The quantitative estimate of drug-likeness (QED) is 0.657. The molecule has 0 saturated carbocycles. The number of phenols is 2. The first kappa shape index (κ1) is 12.8. The molecule has 0 radical (unpaired) electrons. The molecule has 0 aromatic heterocycles. The lowest BCUT2D eigenvalue weighted by Gasteiger charge is -2.00. The van der Waals surface area contributed by atoms with Crippen molar-refractivity contribution in [3.63, 3.8) is 0 Å². The Hall–Kier alpha value is -2.62. The molecule has 0 aliphatic heterocycles. The van der Waals surface area contributed by atoms with E-state index in [1.807, 2.05) is 0 Å². The van der Waals surface area contributed by atoms with E-state index in [1.54, 1.807) is 0 Å². The summed E-state index contributed by atoms with van der Waals surface area (Å²) in [5.41, 5.74) is 0.768. The van der Waals surface area contributed by atoms with E-state index in [-0.39, 0.29) is 22.9 Å². The minimum absolute atomic E-state index is 0.0937. The normalized spacial score (nSPS) is 10.8. The zero-order chi connectivity index (χ0) is 13.8. The van der Waals surface area contributed by atoms with Crippen molar-refractivity contribution in [1.82, 2.24) is 0 Å². The number of ketones is 1. The molecule has 0 heterocycles. The molecule has 19 heavy (non-hydrogen) atoms. The summed E-state index contributed by atoms with van der Waals surface area (Å²) in [7, 11) is 0. The molecule has 0 saturated heterocycles. The maximum Gasteiger partial charge on any atom is 0.189 e. The van der Waals surface area contributed by atoms with E-state index in [0.29, 0.717) is 5.56 Å². The van der Waals surface area contributed by atoms with E-state index in [0.717, 1.165) is 6.07 Å². The Bertz CT molecular complexity index is 630. The summed E-state index contributed by atoms with van der Waals surface area (Å²) in [6.07, 6.45) is 2.80. The van der Waals surface area contributed by atoms with Crippen molar-refractivity contribution >= 4 is 11.9 Å². The van der Waals surface area contributed by atoms with Crippen molar-refractivity contribution in [3.8, 4) is 11.5 Å². The minimum Gasteiger partial charge on any atom is -0.508 e. The van der Waals surface area contributed by atoms with Crippen molar-refractivity contribution in [2.45, 2.75) is 0 Å². The number of carbonyl (C=O) groups excluding carboxylic acids is 1. The van der Waals surface area contributed by atoms with Crippen LogP contribution in [0.5, 0.6) is 11.5 Å². The summed E-state index contributed by atoms with van der Waals surface area (Å²) >= 11 is 0. The highest BCUT2D eigenvalue weighted by molar-refractivity contribution is 6.08. The van der Waals surface area contributed by atoms with Crippen molar-refractivity contribution in [2.24, 2.45) is 0 Å². The first-order valence-corrected chi connectivity index (χ1v) is 5.56. The molecule has 0 aliphatic rings. The largest absolute Gasteiger partial charge is 0.508 e. The van der Waals surface area contributed by atoms with Gasteiger partial charge in [-0.2, -0.15) is 0 Å². The van der Waals surface area contributed by atoms with E-state index >= 15 is 0 Å². The Labute approximate surface area is 109 Å². The van der Waals surface area contributed by atoms with Gasteiger partial charge in [-0.3, -0.25) is 4.79 Å². The topological polar surface area (TPSA) is 57.5 Å². The zero-order valence-corrected chi connectivity index (χ0v) is 9.88. The van der Waals surface area contributed by atoms with Gasteiger partial charge in [0.15, 0.2) is 5.78 Å². The molecule has 0 atom stereocenters. The van der Waals surface area contributed by atoms with E-state index in [1.165, 1.54) is 48.6 Å². The molecule has 0 aliphatic carbocycles. The van der Waals surface area contributed by atoms with Crippen LogP contribution in [0.25, 0.3) is 6.08 Å². The second kappa shape index (κ2) is 5.35. The fourth-order valence-electron chi connectivity index (χ4n) is 1.56. The van der Waals surface area contributed by atoms with Crippen LogP contribution >= 0.6 is 0 Å². The van der Waals surface area contributed by atoms with Crippen LogP contribution in [0.3, 0.4) is 0 Å². The lowest BCUT2D eigenvalue weighted by Crippen LogP contribution is -1.94. The summed E-state index contributed by atoms with van der Waals surface area (Å²) in [5, 5.41) is 18.7. The van der Waals surface area contributed by atoms with E-state index in [2.05, 4.69) is 0 Å². The molecule has 0 amide bonds. The molecule has 0 unspecified atom stereocenters. The molecular formula is C15H11FO3. The van der Waals surface area contributed by atoms with Gasteiger partial charge in [-0.15, -0.1) is 0 Å². The Morgan fingerprint density at radius 2 is 1.74 bits per heavy atom. The van der Waals surface area contributed by atoms with Gasteiger partial charge in [0.2, 0.25) is 0 Å². The highest BCUT2D eigenvalue weighted by Crippen LogP contribution is 2.23. The molecule has 0 spiro atoms. The van der Waals surface area contributed by atoms with Crippen LogP contribution in [0.15, 0.2) is 48.5 Å². The fraction of sp³-hybridized carbons (Fsp3) is 0. The summed E-state index contributed by atoms with van der Waals surface area (Å²) < 4.78 is 12.7. The highest BCUT2D eigenvalue weighted by Gasteiger charge is 2.08. The Kier molecular flexibility index (Phi) is 3.61. The van der Waals surface area contributed by atoms with Crippen LogP contribution < -0.4 is 0 Å². The van der Waals surface area contributed by atoms with Crippen LogP contribution in [-0.4, -0.2) is 16.0 Å². The Morgan fingerprint density at radius 3 is 2.37 bits per heavy atom. The molecule has 96 valence electrons. The van der Waals surface area contributed by atoms with Crippen LogP contribution in [-0.2, 0) is 0 Å². The monoisotopic (exact) mass is 258 g/mol. The number of hydrogen-bond acceptors (Lipinski definition) is 3. The van der Waals surface area contributed by atoms with E-state index in [4.69, 9.17) is 5.11 Å². The smallest absolute Gasteiger partial charge is 0.189 e. The predicted molar refractivity (Wildman–Crippen MR) is 69.5 cm³/mol. The average molecular weight is 258 g/mol. The van der Waals surface area contributed by atoms with Gasteiger partial charge < -0.3 is 10.2 Å². The molecule has 2 rings (SSSR count). The van der Waals surface area contributed by atoms with Gasteiger partial charge in [0.25, 0.3) is 0 Å². The van der Waals surface area contributed by atoms with Gasteiger partial charge in [0.05, 0.1) is 5.56 Å². The average Bonchev–Trinajstić information content (AvgIpc) is 2.37. The summed E-state index contributed by atoms with van der Waals surface area (Å²) in [6.45, 7) is 0. The third-order valence-electron chi connectivity index (χ3n) is 2.54. The van der Waals surface area contributed by atoms with Crippen molar-refractivity contribution in [2.75, 3.05) is 0 Å². The van der Waals surface area contributed by atoms with Gasteiger partial charge in [0, 0.05) is 6.07 Å². The molecule has 2 N–H and O–H groups in total. The molecular weight excluding hydrogens is 247 g/mol. The first-order valence-electron chi connectivity index (χ1n) is 5.56. The van der Waals surface area contributed by atoms with Crippen LogP contribution in [0.4, 0.5) is 4.39 Å². The standard InChI is InChI=1S/C15H11FO3/c16-11-4-1-10(2-5-11)3-8-14(18)13-7-6-12(17)9-15(13)19/h1-9,17,19H. The fourth-order valence-corrected chi connectivity index (χ4v) is 1.56. The Morgan fingerprint density at radius 1 is 1.05 bits per heavy atom. The van der Waals surface area contributed by atoms with Crippen LogP contribution in [0.1, 0.15) is 15.9 Å². The van der Waals surface area contributed by atoms with Gasteiger partial charge >= 0.3 is 0 Å². The summed E-state index contributed by atoms with van der Waals surface area (Å²) in [6, 6.07) is 9.41. The lowest BCUT2D eigenvalue weighted by atomic mass is 10.1. The number of carbonyl (C=O) groups is 1. The lowest BCUT2D eigenvalue weighted by molar-refractivity contribution is 0.104. The van der Waals surface area contributed by atoms with Gasteiger partial charge in [-0.05, 0) is 35.9 Å². The molecule has 2 aromatic carbocycles. The number of aromatic hydroxyl groups is 2. The second-order valence-corrected chi connectivity index (χ2v) is 3.95. The summed E-state index contributed by atoms with van der Waals surface area (Å²) in [4.78, 5) is 11.8. The van der Waals surface area contributed by atoms with E-state index < -0.39 is 5.78 Å². The summed E-state index contributed by atoms with van der Waals surface area (Å²) in [5.74, 6) is -1.15. The van der Waals surface area contributed by atoms with Gasteiger partial charge in [0.1, 0.15) is 17.3 Å². The van der Waals surface area contributed by atoms with Crippen LogP contribution in [0.2, 0.25) is 0 Å². The van der Waals surface area contributed by atoms with Crippen molar-refractivity contribution < 1.29 is 19.4 Å². The maximum absolute atomic E-state index is 12.7. The highest BCUT2D eigenvalue weighted by atomic mass is 19.1. The number of phenolic OH excluding ortho intramolecular Hbond substituents is 2. The first-order chi connectivity index (χ1) is 9.06. The second-order valence-electron chi connectivity index (χ2n) is 3.95. The zero-order valence-electron chi connectivity index (χ0n) is 9.88. The SMILES string of the molecule is O=C(C=Cc1ccc(F)cc1)c1ccc(O)cc1O. The van der Waals surface area contributed by atoms with Gasteiger partial charge in [-0.1, -0.05) is 18.2 Å². The number of benzene rings is 2.